The first-order valence-electron chi connectivity index (χ1n) is 21.2. The highest BCUT2D eigenvalue weighted by molar-refractivity contribution is 6.12. The molecule has 0 radical (unpaired) electrons. The molecule has 0 fully saturated rings. The minimum atomic E-state index is -4.92. The minimum absolute atomic E-state index is 0.0124. The molecule has 0 aliphatic heterocycles. The number of alkyl halides is 6. The highest BCUT2D eigenvalue weighted by Crippen LogP contribution is 2.49. The summed E-state index contributed by atoms with van der Waals surface area (Å²) < 4.78 is 94.0. The van der Waals surface area contributed by atoms with Crippen LogP contribution in [0.25, 0.3) is 95.0 Å². The average molecular weight is 914 g/mol. The van der Waals surface area contributed by atoms with Gasteiger partial charge in [-0.1, -0.05) is 121 Å². The lowest BCUT2D eigenvalue weighted by Gasteiger charge is -2.24. The fourth-order valence-corrected chi connectivity index (χ4v) is 8.85. The Morgan fingerprint density at radius 2 is 0.841 bits per heavy atom. The van der Waals surface area contributed by atoms with Crippen LogP contribution in [-0.2, 0) is 12.4 Å². The Hall–Kier alpha value is -9.38. The minimum Gasteiger partial charge on any atom is -0.308 e. The third kappa shape index (κ3) is 7.86. The topological polar surface area (TPSA) is 115 Å². The summed E-state index contributed by atoms with van der Waals surface area (Å²) in [6.07, 6.45) is -9.84. The van der Waals surface area contributed by atoms with Crippen molar-refractivity contribution in [2.45, 2.75) is 12.4 Å². The Kier molecular flexibility index (Phi) is 10.8. The van der Waals surface area contributed by atoms with Crippen molar-refractivity contribution in [2.24, 2.45) is 0 Å². The van der Waals surface area contributed by atoms with Crippen molar-refractivity contribution in [1.29, 1.82) is 15.8 Å². The Balaban J connectivity index is 1.37. The van der Waals surface area contributed by atoms with Crippen LogP contribution < -0.4 is 0 Å². The zero-order chi connectivity index (χ0) is 48.0. The van der Waals surface area contributed by atoms with Gasteiger partial charge in [-0.3, -0.25) is 0 Å². The van der Waals surface area contributed by atoms with Crippen LogP contribution in [0.1, 0.15) is 27.8 Å². The summed E-state index contributed by atoms with van der Waals surface area (Å²) >= 11 is 0. The largest absolute Gasteiger partial charge is 0.417 e. The number of halogens is 6. The van der Waals surface area contributed by atoms with Gasteiger partial charge in [-0.2, -0.15) is 42.1 Å². The molecule has 13 heteroatoms. The van der Waals surface area contributed by atoms with Gasteiger partial charge in [-0.25, -0.2) is 15.0 Å². The van der Waals surface area contributed by atoms with E-state index in [-0.39, 0.29) is 73.2 Å². The predicted octanol–water partition coefficient (Wildman–Crippen LogP) is 14.6. The van der Waals surface area contributed by atoms with E-state index >= 15 is 26.3 Å². The van der Waals surface area contributed by atoms with Crippen LogP contribution in [0.15, 0.2) is 176 Å². The second kappa shape index (κ2) is 17.1. The summed E-state index contributed by atoms with van der Waals surface area (Å²) in [6.45, 7) is 0. The van der Waals surface area contributed by atoms with Gasteiger partial charge in [0.05, 0.1) is 62.7 Å². The van der Waals surface area contributed by atoms with Gasteiger partial charge in [0.15, 0.2) is 17.5 Å². The molecule has 2 aromatic heterocycles. The van der Waals surface area contributed by atoms with Gasteiger partial charge >= 0.3 is 12.4 Å². The summed E-state index contributed by atoms with van der Waals surface area (Å²) in [4.78, 5) is 14.5. The van der Waals surface area contributed by atoms with Gasteiger partial charge in [0.1, 0.15) is 0 Å². The number of aromatic nitrogens is 4. The SMILES string of the molecule is N#Cc1cc(C#N)c(-c2ccc3c(c2)c2ccccc2n3-c2c(-c3ccccc3C(F)(F)F)cc(-c3nc(-c4ccccc4)nc(-c4ccccc4)n3)cc2-c2ccccc2C(F)(F)F)c(C#N)c1. The molecule has 7 nitrogen and oxygen atoms in total. The molecule has 8 aromatic carbocycles. The Morgan fingerprint density at radius 3 is 1.33 bits per heavy atom. The first-order chi connectivity index (χ1) is 33.4. The number of benzene rings is 8. The van der Waals surface area contributed by atoms with Crippen LogP contribution in [0.5, 0.6) is 0 Å². The molecule has 0 unspecified atom stereocenters. The molecule has 0 aliphatic carbocycles. The molecule has 0 amide bonds. The van der Waals surface area contributed by atoms with Crippen molar-refractivity contribution < 1.29 is 26.3 Å². The Morgan fingerprint density at radius 1 is 0.391 bits per heavy atom. The maximum atomic E-state index is 15.4. The second-order valence-electron chi connectivity index (χ2n) is 15.9. The average Bonchev–Trinajstić information content (AvgIpc) is 3.70. The summed E-state index contributed by atoms with van der Waals surface area (Å²) in [5.74, 6) is 0.428. The quantitative estimate of drug-likeness (QED) is 0.147. The van der Waals surface area contributed by atoms with E-state index in [1.54, 1.807) is 95.6 Å². The first kappa shape index (κ1) is 43.5. The molecule has 0 aliphatic rings. The number of hydrogen-bond acceptors (Lipinski definition) is 6. The van der Waals surface area contributed by atoms with E-state index in [1.807, 2.05) is 18.2 Å². The number of rotatable bonds is 7. The summed E-state index contributed by atoms with van der Waals surface area (Å²) in [5.41, 5.74) is 0.0631. The zero-order valence-electron chi connectivity index (χ0n) is 35.6. The molecule has 69 heavy (non-hydrogen) atoms. The van der Waals surface area contributed by atoms with Gasteiger partial charge in [0.2, 0.25) is 0 Å². The van der Waals surface area contributed by atoms with Gasteiger partial charge in [0.25, 0.3) is 0 Å². The highest BCUT2D eigenvalue weighted by Gasteiger charge is 2.37. The fraction of sp³-hybridized carbons (Fsp3) is 0.0357. The fourth-order valence-electron chi connectivity index (χ4n) is 8.85. The molecule has 2 heterocycles. The molecule has 0 atom stereocenters. The van der Waals surface area contributed by atoms with Crippen molar-refractivity contribution in [3.8, 4) is 91.4 Å². The number of para-hydroxylation sites is 1. The van der Waals surface area contributed by atoms with E-state index in [9.17, 15) is 15.8 Å². The standard InChI is InChI=1S/C56H29F6N7/c57-55(58,59)46-20-10-7-17-40(46)44-28-37(54-67-52(34-13-3-1-4-14-34)66-53(68-54)35-15-5-2-6-16-35)29-45(41-18-8-11-21-47(41)56(60,61)62)51(44)69-48-22-12-9-19-42(48)43-27-36(23-24-49(43)69)50-38(31-64)25-33(30-63)26-39(50)32-65/h1-29H. The van der Waals surface area contributed by atoms with E-state index in [4.69, 9.17) is 15.0 Å². The molecule has 10 rings (SSSR count). The lowest BCUT2D eigenvalue weighted by atomic mass is 9.88. The Bertz CT molecular complexity index is 3630. The molecule has 0 bridgehead atoms. The number of nitriles is 3. The lowest BCUT2D eigenvalue weighted by molar-refractivity contribution is -0.137. The first-order valence-corrected chi connectivity index (χ1v) is 21.2. The molecular weight excluding hydrogens is 885 g/mol. The van der Waals surface area contributed by atoms with Gasteiger partial charge < -0.3 is 4.57 Å². The third-order valence-corrected chi connectivity index (χ3v) is 11.8. The molecule has 10 aromatic rings. The van der Waals surface area contributed by atoms with Crippen LogP contribution >= 0.6 is 0 Å². The number of fused-ring (bicyclic) bond motifs is 3. The lowest BCUT2D eigenvalue weighted by Crippen LogP contribution is -2.11. The van der Waals surface area contributed by atoms with Crippen molar-refractivity contribution >= 4 is 21.8 Å². The van der Waals surface area contributed by atoms with Crippen molar-refractivity contribution in [3.63, 3.8) is 0 Å². The monoisotopic (exact) mass is 913 g/mol. The van der Waals surface area contributed by atoms with Crippen molar-refractivity contribution in [1.82, 2.24) is 19.5 Å². The van der Waals surface area contributed by atoms with E-state index in [0.29, 0.717) is 38.5 Å². The van der Waals surface area contributed by atoms with E-state index in [2.05, 4.69) is 12.1 Å². The summed E-state index contributed by atoms with van der Waals surface area (Å²) in [6, 6.07) is 51.5. The zero-order valence-corrected chi connectivity index (χ0v) is 35.6. The van der Waals surface area contributed by atoms with Gasteiger partial charge in [-0.05, 0) is 71.3 Å². The molecule has 0 spiro atoms. The van der Waals surface area contributed by atoms with Crippen molar-refractivity contribution in [2.75, 3.05) is 0 Å². The second-order valence-corrected chi connectivity index (χ2v) is 15.9. The van der Waals surface area contributed by atoms with Crippen LogP contribution in [0, 0.1) is 34.0 Å². The van der Waals surface area contributed by atoms with Crippen LogP contribution in [0.2, 0.25) is 0 Å². The van der Waals surface area contributed by atoms with Crippen LogP contribution in [0.3, 0.4) is 0 Å². The molecule has 0 saturated carbocycles. The van der Waals surface area contributed by atoms with E-state index < -0.39 is 23.5 Å². The third-order valence-electron chi connectivity index (χ3n) is 11.8. The van der Waals surface area contributed by atoms with E-state index in [0.717, 1.165) is 12.1 Å². The maximum absolute atomic E-state index is 15.4. The maximum Gasteiger partial charge on any atom is 0.417 e. The van der Waals surface area contributed by atoms with E-state index in [1.165, 1.54) is 60.7 Å². The van der Waals surface area contributed by atoms with Crippen molar-refractivity contribution in [3.05, 3.63) is 204 Å². The predicted molar refractivity (Wildman–Crippen MR) is 251 cm³/mol. The van der Waals surface area contributed by atoms with Gasteiger partial charge in [-0.15, -0.1) is 0 Å². The Labute approximate surface area is 389 Å². The van der Waals surface area contributed by atoms with Crippen LogP contribution in [0.4, 0.5) is 26.3 Å². The number of hydrogen-bond donors (Lipinski definition) is 0. The number of nitrogens with zero attached hydrogens (tertiary/aromatic N) is 7. The molecule has 0 saturated heterocycles. The summed E-state index contributed by atoms with van der Waals surface area (Å²) in [5, 5.41) is 31.1. The molecule has 0 N–H and O–H groups in total. The molecule has 330 valence electrons. The smallest absolute Gasteiger partial charge is 0.308 e. The van der Waals surface area contributed by atoms with Gasteiger partial charge in [0, 0.05) is 44.2 Å². The highest BCUT2D eigenvalue weighted by atomic mass is 19.4. The van der Waals surface area contributed by atoms with Crippen LogP contribution in [-0.4, -0.2) is 19.5 Å². The normalized spacial score (nSPS) is 11.6. The molecular formula is C56H29F6N7. The summed E-state index contributed by atoms with van der Waals surface area (Å²) in [7, 11) is 0.